The number of nitrogens with zero attached hydrogens (tertiary/aromatic N) is 2. The summed E-state index contributed by atoms with van der Waals surface area (Å²) in [5, 5.41) is 15.7. The second-order valence-electron chi connectivity index (χ2n) is 3.25. The van der Waals surface area contributed by atoms with Crippen LogP contribution >= 0.6 is 11.6 Å². The summed E-state index contributed by atoms with van der Waals surface area (Å²) in [6.45, 7) is 0. The molecule has 0 fully saturated rings. The van der Waals surface area contributed by atoms with Crippen molar-refractivity contribution in [1.82, 2.24) is 10.2 Å². The molecule has 7 heteroatoms. The maximum Gasteiger partial charge on any atom is 0.328 e. The number of halogens is 2. The second-order valence-corrected chi connectivity index (χ2v) is 3.65. The highest BCUT2D eigenvalue weighted by molar-refractivity contribution is 6.30. The van der Waals surface area contributed by atoms with Gasteiger partial charge in [-0.3, -0.25) is 0 Å². The monoisotopic (exact) mass is 268 g/mol. The maximum absolute atomic E-state index is 13.2. The molecular formula is C11H6ClFN2O3. The summed E-state index contributed by atoms with van der Waals surface area (Å²) in [5.74, 6) is -1.64. The molecule has 0 aliphatic heterocycles. The molecule has 0 aliphatic rings. The minimum absolute atomic E-state index is 0.00994. The second kappa shape index (κ2) is 4.97. The van der Waals surface area contributed by atoms with Crippen LogP contribution in [-0.4, -0.2) is 21.3 Å². The number of hydrogen-bond acceptors (Lipinski definition) is 4. The lowest BCUT2D eigenvalue weighted by atomic mass is 10.2. The Labute approximate surface area is 106 Å². The van der Waals surface area contributed by atoms with Crippen molar-refractivity contribution in [3.05, 3.63) is 41.0 Å². The Morgan fingerprint density at radius 1 is 1.44 bits per heavy atom. The topological polar surface area (TPSA) is 76.2 Å². The largest absolute Gasteiger partial charge is 0.478 e. The van der Waals surface area contributed by atoms with Crippen LogP contribution in [0.3, 0.4) is 0 Å². The van der Waals surface area contributed by atoms with E-state index >= 15 is 0 Å². The molecule has 0 unspecified atom stereocenters. The van der Waals surface area contributed by atoms with Crippen LogP contribution in [0.1, 0.15) is 5.89 Å². The zero-order valence-electron chi connectivity index (χ0n) is 8.80. The molecule has 0 spiro atoms. The third-order valence-corrected chi connectivity index (χ3v) is 2.28. The smallest absolute Gasteiger partial charge is 0.328 e. The highest BCUT2D eigenvalue weighted by Crippen LogP contribution is 2.23. The van der Waals surface area contributed by atoms with E-state index < -0.39 is 11.8 Å². The molecule has 0 saturated carbocycles. The van der Waals surface area contributed by atoms with Crippen molar-refractivity contribution in [2.24, 2.45) is 0 Å². The highest BCUT2D eigenvalue weighted by atomic mass is 35.5. The molecule has 0 saturated heterocycles. The van der Waals surface area contributed by atoms with Crippen molar-refractivity contribution >= 4 is 23.6 Å². The first-order valence-electron chi connectivity index (χ1n) is 4.76. The Kier molecular flexibility index (Phi) is 3.38. The molecule has 1 aromatic heterocycles. The number of benzene rings is 1. The van der Waals surface area contributed by atoms with Crippen molar-refractivity contribution < 1.29 is 18.7 Å². The summed E-state index contributed by atoms with van der Waals surface area (Å²) in [6.07, 6.45) is 2.00. The van der Waals surface area contributed by atoms with E-state index in [0.717, 1.165) is 18.2 Å². The van der Waals surface area contributed by atoms with E-state index in [9.17, 15) is 9.18 Å². The van der Waals surface area contributed by atoms with E-state index in [4.69, 9.17) is 21.1 Å². The van der Waals surface area contributed by atoms with E-state index in [-0.39, 0.29) is 16.8 Å². The van der Waals surface area contributed by atoms with Gasteiger partial charge in [0.1, 0.15) is 5.82 Å². The van der Waals surface area contributed by atoms with Crippen molar-refractivity contribution in [3.8, 4) is 11.5 Å². The van der Waals surface area contributed by atoms with Gasteiger partial charge >= 0.3 is 5.97 Å². The van der Waals surface area contributed by atoms with E-state index in [0.29, 0.717) is 5.56 Å². The Balaban J connectivity index is 2.29. The lowest BCUT2D eigenvalue weighted by Gasteiger charge is -1.96. The fraction of sp³-hybridized carbons (Fsp3) is 0. The van der Waals surface area contributed by atoms with Crippen molar-refractivity contribution in [2.75, 3.05) is 0 Å². The maximum atomic E-state index is 13.2. The standard InChI is InChI=1S/C11H6ClFN2O3/c12-7-2-1-6(5-8(7)13)11-15-14-9(18-11)3-4-10(16)17/h1-5H,(H,16,17)/b4-3+. The predicted molar refractivity (Wildman–Crippen MR) is 61.4 cm³/mol. The lowest BCUT2D eigenvalue weighted by Crippen LogP contribution is -1.85. The van der Waals surface area contributed by atoms with Crippen LogP contribution in [0.4, 0.5) is 4.39 Å². The minimum atomic E-state index is -1.13. The first kappa shape index (κ1) is 12.3. The molecule has 5 nitrogen and oxygen atoms in total. The van der Waals surface area contributed by atoms with Gasteiger partial charge in [-0.05, 0) is 18.2 Å². The van der Waals surface area contributed by atoms with E-state index in [1.165, 1.54) is 12.1 Å². The van der Waals surface area contributed by atoms with Gasteiger partial charge in [-0.1, -0.05) is 11.6 Å². The van der Waals surface area contributed by atoms with Crippen LogP contribution < -0.4 is 0 Å². The van der Waals surface area contributed by atoms with Gasteiger partial charge in [0, 0.05) is 17.7 Å². The van der Waals surface area contributed by atoms with Gasteiger partial charge in [0.05, 0.1) is 5.02 Å². The summed E-state index contributed by atoms with van der Waals surface area (Å²) < 4.78 is 18.3. The Morgan fingerprint density at radius 2 is 2.22 bits per heavy atom. The third-order valence-electron chi connectivity index (χ3n) is 1.98. The minimum Gasteiger partial charge on any atom is -0.478 e. The van der Waals surface area contributed by atoms with Crippen LogP contribution in [0.2, 0.25) is 5.02 Å². The zero-order chi connectivity index (χ0) is 13.1. The van der Waals surface area contributed by atoms with E-state index in [2.05, 4.69) is 10.2 Å². The Bertz CT molecular complexity index is 625. The van der Waals surface area contributed by atoms with Crippen LogP contribution in [0.15, 0.2) is 28.7 Å². The number of carboxylic acids is 1. The average Bonchev–Trinajstić information content (AvgIpc) is 2.79. The molecule has 1 aromatic carbocycles. The first-order valence-corrected chi connectivity index (χ1v) is 5.14. The molecule has 0 bridgehead atoms. The van der Waals surface area contributed by atoms with E-state index in [1.807, 2.05) is 0 Å². The molecule has 1 N–H and O–H groups in total. The summed E-state index contributed by atoms with van der Waals surface area (Å²) in [6, 6.07) is 4.04. The zero-order valence-corrected chi connectivity index (χ0v) is 9.56. The summed E-state index contributed by atoms with van der Waals surface area (Å²) in [4.78, 5) is 10.3. The van der Waals surface area contributed by atoms with Gasteiger partial charge in [0.2, 0.25) is 11.8 Å². The Hall–Kier alpha value is -2.21. The highest BCUT2D eigenvalue weighted by Gasteiger charge is 2.09. The molecule has 92 valence electrons. The summed E-state index contributed by atoms with van der Waals surface area (Å²) in [5.41, 5.74) is 0.361. The van der Waals surface area contributed by atoms with Gasteiger partial charge < -0.3 is 9.52 Å². The van der Waals surface area contributed by atoms with Gasteiger partial charge in [0.25, 0.3) is 0 Å². The number of rotatable bonds is 3. The fourth-order valence-electron chi connectivity index (χ4n) is 1.19. The molecule has 0 radical (unpaired) electrons. The van der Waals surface area contributed by atoms with Crippen molar-refractivity contribution in [3.63, 3.8) is 0 Å². The van der Waals surface area contributed by atoms with E-state index in [1.54, 1.807) is 0 Å². The normalized spacial score (nSPS) is 11.0. The van der Waals surface area contributed by atoms with Crippen LogP contribution in [0.5, 0.6) is 0 Å². The summed E-state index contributed by atoms with van der Waals surface area (Å²) >= 11 is 5.54. The van der Waals surface area contributed by atoms with Crippen LogP contribution in [0.25, 0.3) is 17.5 Å². The average molecular weight is 269 g/mol. The van der Waals surface area contributed by atoms with Crippen molar-refractivity contribution in [1.29, 1.82) is 0 Å². The lowest BCUT2D eigenvalue weighted by molar-refractivity contribution is -0.131. The van der Waals surface area contributed by atoms with Crippen molar-refractivity contribution in [2.45, 2.75) is 0 Å². The number of carboxylic acid groups (broad SMARTS) is 1. The van der Waals surface area contributed by atoms with Gasteiger partial charge in [0.15, 0.2) is 0 Å². The summed E-state index contributed by atoms with van der Waals surface area (Å²) in [7, 11) is 0. The van der Waals surface area contributed by atoms with Crippen LogP contribution in [0, 0.1) is 5.82 Å². The molecule has 2 aromatic rings. The quantitative estimate of drug-likeness (QED) is 0.866. The molecule has 0 amide bonds. The number of hydrogen-bond donors (Lipinski definition) is 1. The molecule has 0 aliphatic carbocycles. The fourth-order valence-corrected chi connectivity index (χ4v) is 1.31. The molecular weight excluding hydrogens is 263 g/mol. The van der Waals surface area contributed by atoms with Gasteiger partial charge in [-0.2, -0.15) is 0 Å². The predicted octanol–water partition coefficient (Wildman–Crippen LogP) is 2.63. The molecule has 1 heterocycles. The SMILES string of the molecule is O=C(O)/C=C/c1nnc(-c2ccc(Cl)c(F)c2)o1. The number of aliphatic carboxylic acids is 1. The van der Waals surface area contributed by atoms with Gasteiger partial charge in [-0.15, -0.1) is 10.2 Å². The number of aromatic nitrogens is 2. The number of carbonyl (C=O) groups is 1. The Morgan fingerprint density at radius 3 is 2.89 bits per heavy atom. The molecule has 0 atom stereocenters. The molecule has 18 heavy (non-hydrogen) atoms. The van der Waals surface area contributed by atoms with Crippen LogP contribution in [-0.2, 0) is 4.79 Å². The third kappa shape index (κ3) is 2.72. The van der Waals surface area contributed by atoms with Gasteiger partial charge in [-0.25, -0.2) is 9.18 Å². The molecule has 2 rings (SSSR count). The first-order chi connectivity index (χ1) is 8.56.